The molecule has 3 aromatic rings. The summed E-state index contributed by atoms with van der Waals surface area (Å²) in [4.78, 5) is 17.1. The lowest BCUT2D eigenvalue weighted by atomic mass is 10.0. The first-order valence-electron chi connectivity index (χ1n) is 7.08. The quantitative estimate of drug-likeness (QED) is 0.803. The second-order valence-corrected chi connectivity index (χ2v) is 6.20. The molecule has 0 atom stereocenters. The zero-order valence-electron chi connectivity index (χ0n) is 12.7. The van der Waals surface area contributed by atoms with Crippen LogP contribution in [0.3, 0.4) is 0 Å². The third kappa shape index (κ3) is 2.82. The van der Waals surface area contributed by atoms with E-state index < -0.39 is 0 Å². The first kappa shape index (κ1) is 14.6. The predicted molar refractivity (Wildman–Crippen MR) is 88.5 cm³/mol. The normalized spacial score (nSPS) is 10.9. The van der Waals surface area contributed by atoms with Crippen LogP contribution in [0.15, 0.2) is 24.3 Å². The molecule has 0 saturated carbocycles. The summed E-state index contributed by atoms with van der Waals surface area (Å²) in [5, 5.41) is 13.1. The maximum Gasteiger partial charge on any atom is 0.258 e. The summed E-state index contributed by atoms with van der Waals surface area (Å²) in [7, 11) is 0. The van der Waals surface area contributed by atoms with Gasteiger partial charge in [0.1, 0.15) is 5.01 Å². The summed E-state index contributed by atoms with van der Waals surface area (Å²) in [5.41, 5.74) is 3.34. The van der Waals surface area contributed by atoms with E-state index in [1.54, 1.807) is 6.07 Å². The largest absolute Gasteiger partial charge is 0.296 e. The lowest BCUT2D eigenvalue weighted by Gasteiger charge is -2.08. The number of aromatic nitrogens is 3. The van der Waals surface area contributed by atoms with Crippen molar-refractivity contribution < 1.29 is 4.79 Å². The smallest absolute Gasteiger partial charge is 0.258 e. The lowest BCUT2D eigenvalue weighted by molar-refractivity contribution is 0.102. The average molecular weight is 312 g/mol. The van der Waals surface area contributed by atoms with E-state index in [9.17, 15) is 4.79 Å². The fraction of sp³-hybridized carbons (Fsp3) is 0.250. The summed E-state index contributed by atoms with van der Waals surface area (Å²) in [5.74, 6) is -0.181. The average Bonchev–Trinajstić information content (AvgIpc) is 2.94. The van der Waals surface area contributed by atoms with Gasteiger partial charge in [0, 0.05) is 11.1 Å². The molecule has 22 heavy (non-hydrogen) atoms. The number of amides is 1. The number of nitrogens with one attached hydrogen (secondary N) is 1. The highest BCUT2D eigenvalue weighted by atomic mass is 32.1. The molecule has 3 rings (SSSR count). The van der Waals surface area contributed by atoms with E-state index in [2.05, 4.69) is 20.5 Å². The van der Waals surface area contributed by atoms with Crippen molar-refractivity contribution in [1.82, 2.24) is 15.2 Å². The van der Waals surface area contributed by atoms with Gasteiger partial charge in [0.2, 0.25) is 5.13 Å². The second-order valence-electron chi connectivity index (χ2n) is 5.14. The summed E-state index contributed by atoms with van der Waals surface area (Å²) >= 11 is 1.40. The van der Waals surface area contributed by atoms with Crippen LogP contribution < -0.4 is 5.32 Å². The van der Waals surface area contributed by atoms with E-state index in [4.69, 9.17) is 0 Å². The number of hydrogen-bond donors (Lipinski definition) is 1. The van der Waals surface area contributed by atoms with Gasteiger partial charge in [-0.2, -0.15) is 0 Å². The molecule has 0 fully saturated rings. The van der Waals surface area contributed by atoms with Crippen LogP contribution >= 0.6 is 11.3 Å². The van der Waals surface area contributed by atoms with E-state index in [0.29, 0.717) is 10.7 Å². The van der Waals surface area contributed by atoms with Crippen LogP contribution in [0.2, 0.25) is 0 Å². The van der Waals surface area contributed by atoms with Gasteiger partial charge in [-0.05, 0) is 38.5 Å². The minimum Gasteiger partial charge on any atom is -0.296 e. The fourth-order valence-corrected chi connectivity index (χ4v) is 2.95. The molecule has 0 aliphatic heterocycles. The van der Waals surface area contributed by atoms with Gasteiger partial charge in [0.15, 0.2) is 0 Å². The molecule has 1 amide bonds. The number of hydrogen-bond acceptors (Lipinski definition) is 5. The Hall–Kier alpha value is -2.34. The van der Waals surface area contributed by atoms with Crippen LogP contribution in [-0.2, 0) is 6.42 Å². The molecule has 0 aliphatic rings. The van der Waals surface area contributed by atoms with Crippen LogP contribution in [-0.4, -0.2) is 21.1 Å². The summed E-state index contributed by atoms with van der Waals surface area (Å²) in [6.07, 6.45) is 0.810. The van der Waals surface area contributed by atoms with E-state index in [0.717, 1.165) is 33.6 Å². The Labute approximate surface area is 132 Å². The van der Waals surface area contributed by atoms with Gasteiger partial charge in [-0.1, -0.05) is 29.9 Å². The number of nitrogens with zero attached hydrogens (tertiary/aromatic N) is 3. The SMILES string of the molecule is CCc1nnc(NC(=O)c2cc(C)nc3ccc(C)cc23)s1. The highest BCUT2D eigenvalue weighted by Gasteiger charge is 2.14. The Bertz CT molecular complexity index is 856. The summed E-state index contributed by atoms with van der Waals surface area (Å²) in [6.45, 7) is 5.89. The van der Waals surface area contributed by atoms with E-state index in [1.165, 1.54) is 11.3 Å². The summed E-state index contributed by atoms with van der Waals surface area (Å²) < 4.78 is 0. The van der Waals surface area contributed by atoms with E-state index in [-0.39, 0.29) is 5.91 Å². The van der Waals surface area contributed by atoms with Gasteiger partial charge in [-0.3, -0.25) is 15.1 Å². The van der Waals surface area contributed by atoms with Crippen LogP contribution in [0.5, 0.6) is 0 Å². The highest BCUT2D eigenvalue weighted by Crippen LogP contribution is 2.22. The van der Waals surface area contributed by atoms with Gasteiger partial charge >= 0.3 is 0 Å². The third-order valence-electron chi connectivity index (χ3n) is 3.33. The van der Waals surface area contributed by atoms with Crippen molar-refractivity contribution in [3.8, 4) is 0 Å². The molecule has 1 N–H and O–H groups in total. The first-order valence-corrected chi connectivity index (χ1v) is 7.90. The monoisotopic (exact) mass is 312 g/mol. The van der Waals surface area contributed by atoms with Crippen LogP contribution in [0.1, 0.15) is 33.5 Å². The number of rotatable bonds is 3. The molecule has 5 nitrogen and oxygen atoms in total. The van der Waals surface area contributed by atoms with Gasteiger partial charge in [0.25, 0.3) is 5.91 Å². The van der Waals surface area contributed by atoms with Crippen molar-refractivity contribution in [3.05, 3.63) is 46.1 Å². The van der Waals surface area contributed by atoms with Gasteiger partial charge in [-0.25, -0.2) is 0 Å². The molecule has 0 aliphatic carbocycles. The van der Waals surface area contributed by atoms with Crippen LogP contribution in [0.4, 0.5) is 5.13 Å². The van der Waals surface area contributed by atoms with Crippen molar-refractivity contribution in [3.63, 3.8) is 0 Å². The number of anilines is 1. The number of benzene rings is 1. The highest BCUT2D eigenvalue weighted by molar-refractivity contribution is 7.15. The minimum atomic E-state index is -0.181. The maximum absolute atomic E-state index is 12.6. The van der Waals surface area contributed by atoms with Crippen molar-refractivity contribution in [2.24, 2.45) is 0 Å². The minimum absolute atomic E-state index is 0.181. The molecule has 0 bridgehead atoms. The molecule has 112 valence electrons. The fourth-order valence-electron chi connectivity index (χ4n) is 2.27. The molecule has 2 heterocycles. The number of pyridine rings is 1. The standard InChI is InChI=1S/C16H16N4OS/c1-4-14-19-20-16(22-14)18-15(21)12-8-10(3)17-13-6-5-9(2)7-11(12)13/h5-8H,4H2,1-3H3,(H,18,20,21). The van der Waals surface area contributed by atoms with Gasteiger partial charge < -0.3 is 0 Å². The van der Waals surface area contributed by atoms with Crippen LogP contribution in [0.25, 0.3) is 10.9 Å². The molecule has 0 radical (unpaired) electrons. The molecule has 1 aromatic carbocycles. The van der Waals surface area contributed by atoms with Crippen molar-refractivity contribution in [2.75, 3.05) is 5.32 Å². The third-order valence-corrected chi connectivity index (χ3v) is 4.31. The Balaban J connectivity index is 2.00. The topological polar surface area (TPSA) is 67.8 Å². The van der Waals surface area contributed by atoms with Crippen molar-refractivity contribution in [1.29, 1.82) is 0 Å². The first-order chi connectivity index (χ1) is 10.6. The molecule has 0 spiro atoms. The van der Waals surface area contributed by atoms with Gasteiger partial charge in [0.05, 0.1) is 11.1 Å². The van der Waals surface area contributed by atoms with Gasteiger partial charge in [-0.15, -0.1) is 10.2 Å². The Morgan fingerprint density at radius 2 is 2.05 bits per heavy atom. The Morgan fingerprint density at radius 3 is 2.77 bits per heavy atom. The maximum atomic E-state index is 12.6. The molecule has 0 saturated heterocycles. The molecule has 2 aromatic heterocycles. The van der Waals surface area contributed by atoms with E-state index >= 15 is 0 Å². The molecule has 6 heteroatoms. The predicted octanol–water partition coefficient (Wildman–Crippen LogP) is 3.52. The number of aryl methyl sites for hydroxylation is 3. The second kappa shape index (κ2) is 5.81. The Kier molecular flexibility index (Phi) is 3.85. The zero-order valence-corrected chi connectivity index (χ0v) is 13.5. The van der Waals surface area contributed by atoms with Crippen molar-refractivity contribution >= 4 is 33.3 Å². The number of carbonyl (C=O) groups excluding carboxylic acids is 1. The van der Waals surface area contributed by atoms with Crippen LogP contribution in [0, 0.1) is 13.8 Å². The number of fused-ring (bicyclic) bond motifs is 1. The Morgan fingerprint density at radius 1 is 1.23 bits per heavy atom. The summed E-state index contributed by atoms with van der Waals surface area (Å²) in [6, 6.07) is 7.72. The molecular weight excluding hydrogens is 296 g/mol. The number of carbonyl (C=O) groups is 1. The van der Waals surface area contributed by atoms with Crippen molar-refractivity contribution in [2.45, 2.75) is 27.2 Å². The van der Waals surface area contributed by atoms with E-state index in [1.807, 2.05) is 39.0 Å². The molecular formula is C16H16N4OS. The lowest BCUT2D eigenvalue weighted by Crippen LogP contribution is -2.13. The molecule has 0 unspecified atom stereocenters. The zero-order chi connectivity index (χ0) is 15.7.